The Morgan fingerprint density at radius 3 is 2.17 bits per heavy atom. The van der Waals surface area contributed by atoms with Crippen molar-refractivity contribution in [2.75, 3.05) is 31.1 Å². The standard InChI is InChI=1S/C22H27N5O2/c1-2-12-26-19-5-3-4-6-20(19)27(22(26)29)13-9-21(28)25-16-14-24(15-17-25)18-7-10-23-11-8-18/h3-8,10-11H,2,9,12-17H2,1H3. The van der Waals surface area contributed by atoms with E-state index in [-0.39, 0.29) is 11.6 Å². The third-order valence-corrected chi connectivity index (χ3v) is 5.58. The average molecular weight is 393 g/mol. The van der Waals surface area contributed by atoms with Crippen LogP contribution in [0.25, 0.3) is 11.0 Å². The summed E-state index contributed by atoms with van der Waals surface area (Å²) >= 11 is 0. The summed E-state index contributed by atoms with van der Waals surface area (Å²) < 4.78 is 3.56. The Labute approximate surface area is 170 Å². The van der Waals surface area contributed by atoms with Gasteiger partial charge in [-0.25, -0.2) is 4.79 Å². The molecule has 0 spiro atoms. The first-order valence-electron chi connectivity index (χ1n) is 10.3. The van der Waals surface area contributed by atoms with Gasteiger partial charge < -0.3 is 9.80 Å². The van der Waals surface area contributed by atoms with Crippen molar-refractivity contribution in [2.45, 2.75) is 32.9 Å². The summed E-state index contributed by atoms with van der Waals surface area (Å²) in [6.45, 7) is 6.20. The number of carbonyl (C=O) groups is 1. The van der Waals surface area contributed by atoms with Crippen LogP contribution in [0, 0.1) is 0 Å². The predicted octanol–water partition coefficient (Wildman–Crippen LogP) is 2.35. The molecule has 29 heavy (non-hydrogen) atoms. The van der Waals surface area contributed by atoms with E-state index in [1.54, 1.807) is 17.0 Å². The van der Waals surface area contributed by atoms with Crippen LogP contribution in [0.2, 0.25) is 0 Å². The zero-order chi connectivity index (χ0) is 20.2. The summed E-state index contributed by atoms with van der Waals surface area (Å²) in [5, 5.41) is 0. The van der Waals surface area contributed by atoms with E-state index in [4.69, 9.17) is 0 Å². The lowest BCUT2D eigenvalue weighted by Gasteiger charge is -2.36. The molecule has 0 bridgehead atoms. The molecule has 1 saturated heterocycles. The fourth-order valence-corrected chi connectivity index (χ4v) is 4.06. The van der Waals surface area contributed by atoms with Gasteiger partial charge in [-0.1, -0.05) is 19.1 Å². The van der Waals surface area contributed by atoms with Crippen LogP contribution in [0.4, 0.5) is 5.69 Å². The molecule has 7 nitrogen and oxygen atoms in total. The molecule has 1 fully saturated rings. The quantitative estimate of drug-likeness (QED) is 0.645. The molecule has 1 aliphatic rings. The van der Waals surface area contributed by atoms with E-state index in [9.17, 15) is 9.59 Å². The fourth-order valence-electron chi connectivity index (χ4n) is 4.06. The van der Waals surface area contributed by atoms with Gasteiger partial charge in [-0.15, -0.1) is 0 Å². The van der Waals surface area contributed by atoms with Gasteiger partial charge in [-0.3, -0.25) is 18.9 Å². The Hall–Kier alpha value is -3.09. The highest BCUT2D eigenvalue weighted by atomic mass is 16.2. The number of hydrogen-bond acceptors (Lipinski definition) is 4. The molecule has 2 aromatic heterocycles. The van der Waals surface area contributed by atoms with Crippen molar-refractivity contribution in [3.8, 4) is 0 Å². The van der Waals surface area contributed by atoms with Crippen LogP contribution < -0.4 is 10.6 Å². The summed E-state index contributed by atoms with van der Waals surface area (Å²) in [6.07, 6.45) is 4.82. The van der Waals surface area contributed by atoms with Crippen molar-refractivity contribution in [3.63, 3.8) is 0 Å². The molecule has 4 rings (SSSR count). The average Bonchev–Trinajstić information content (AvgIpc) is 3.04. The summed E-state index contributed by atoms with van der Waals surface area (Å²) in [7, 11) is 0. The molecule has 1 amide bonds. The van der Waals surface area contributed by atoms with Gasteiger partial charge in [0.15, 0.2) is 0 Å². The largest absolute Gasteiger partial charge is 0.368 e. The second-order valence-corrected chi connectivity index (χ2v) is 7.40. The van der Waals surface area contributed by atoms with Gasteiger partial charge in [-0.2, -0.15) is 0 Å². The Kier molecular flexibility index (Phi) is 5.64. The van der Waals surface area contributed by atoms with E-state index in [1.165, 1.54) is 0 Å². The number of aryl methyl sites for hydroxylation is 2. The van der Waals surface area contributed by atoms with E-state index >= 15 is 0 Å². The number of fused-ring (bicyclic) bond motifs is 1. The third-order valence-electron chi connectivity index (χ3n) is 5.58. The molecule has 0 N–H and O–H groups in total. The summed E-state index contributed by atoms with van der Waals surface area (Å²) in [5.74, 6) is 0.110. The number of imidazole rings is 1. The summed E-state index contributed by atoms with van der Waals surface area (Å²) in [4.78, 5) is 33.9. The minimum Gasteiger partial charge on any atom is -0.368 e. The van der Waals surface area contributed by atoms with Gasteiger partial charge >= 0.3 is 5.69 Å². The SMILES string of the molecule is CCCn1c(=O)n(CCC(=O)N2CCN(c3ccncc3)CC2)c2ccccc21. The maximum absolute atomic E-state index is 12.9. The molecule has 0 aliphatic carbocycles. The number of benzene rings is 1. The van der Waals surface area contributed by atoms with E-state index in [0.29, 0.717) is 32.6 Å². The maximum Gasteiger partial charge on any atom is 0.329 e. The van der Waals surface area contributed by atoms with Gasteiger partial charge in [0, 0.05) is 63.8 Å². The number of carbonyl (C=O) groups excluding carboxylic acids is 1. The van der Waals surface area contributed by atoms with Crippen molar-refractivity contribution in [1.29, 1.82) is 0 Å². The van der Waals surface area contributed by atoms with Crippen LogP contribution in [-0.2, 0) is 17.9 Å². The monoisotopic (exact) mass is 393 g/mol. The van der Waals surface area contributed by atoms with E-state index < -0.39 is 0 Å². The minimum atomic E-state index is -0.0247. The molecule has 1 aliphatic heterocycles. The lowest BCUT2D eigenvalue weighted by molar-refractivity contribution is -0.131. The van der Waals surface area contributed by atoms with E-state index in [1.807, 2.05) is 45.9 Å². The molecule has 1 aromatic carbocycles. The molecular formula is C22H27N5O2. The summed E-state index contributed by atoms with van der Waals surface area (Å²) in [5.41, 5.74) is 2.96. The highest BCUT2D eigenvalue weighted by Crippen LogP contribution is 2.16. The smallest absolute Gasteiger partial charge is 0.329 e. The molecular weight excluding hydrogens is 366 g/mol. The number of amides is 1. The second kappa shape index (κ2) is 8.51. The highest BCUT2D eigenvalue weighted by Gasteiger charge is 2.22. The molecule has 0 unspecified atom stereocenters. The van der Waals surface area contributed by atoms with Crippen molar-refractivity contribution in [1.82, 2.24) is 19.0 Å². The number of aromatic nitrogens is 3. The molecule has 3 aromatic rings. The summed E-state index contributed by atoms with van der Waals surface area (Å²) in [6, 6.07) is 11.8. The van der Waals surface area contributed by atoms with Crippen LogP contribution in [-0.4, -0.2) is 51.1 Å². The van der Waals surface area contributed by atoms with Crippen molar-refractivity contribution in [2.24, 2.45) is 0 Å². The van der Waals surface area contributed by atoms with Crippen molar-refractivity contribution in [3.05, 3.63) is 59.3 Å². The van der Waals surface area contributed by atoms with Crippen molar-refractivity contribution >= 4 is 22.6 Å². The Balaban J connectivity index is 1.41. The van der Waals surface area contributed by atoms with Crippen LogP contribution >= 0.6 is 0 Å². The Morgan fingerprint density at radius 1 is 0.931 bits per heavy atom. The van der Waals surface area contributed by atoms with Crippen LogP contribution in [0.5, 0.6) is 0 Å². The van der Waals surface area contributed by atoms with E-state index in [2.05, 4.69) is 16.8 Å². The molecule has 0 radical (unpaired) electrons. The number of hydrogen-bond donors (Lipinski definition) is 0. The lowest BCUT2D eigenvalue weighted by atomic mass is 10.2. The zero-order valence-corrected chi connectivity index (χ0v) is 16.8. The number of rotatable bonds is 6. The molecule has 3 heterocycles. The van der Waals surface area contributed by atoms with Crippen LogP contribution in [0.15, 0.2) is 53.6 Å². The Bertz CT molecular complexity index is 1030. The first-order valence-corrected chi connectivity index (χ1v) is 10.3. The fraction of sp³-hybridized carbons (Fsp3) is 0.409. The minimum absolute atomic E-state index is 0.0247. The van der Waals surface area contributed by atoms with Gasteiger partial charge in [0.25, 0.3) is 0 Å². The first kappa shape index (κ1) is 19.2. The maximum atomic E-state index is 12.9. The Morgan fingerprint density at radius 2 is 1.55 bits per heavy atom. The third kappa shape index (κ3) is 3.90. The predicted molar refractivity (Wildman–Crippen MR) is 114 cm³/mol. The van der Waals surface area contributed by atoms with Crippen LogP contribution in [0.1, 0.15) is 19.8 Å². The molecule has 0 atom stereocenters. The number of anilines is 1. The molecule has 152 valence electrons. The van der Waals surface area contributed by atoms with Gasteiger partial charge in [0.1, 0.15) is 0 Å². The number of para-hydroxylation sites is 2. The highest BCUT2D eigenvalue weighted by molar-refractivity contribution is 5.78. The van der Waals surface area contributed by atoms with Gasteiger partial charge in [0.2, 0.25) is 5.91 Å². The zero-order valence-electron chi connectivity index (χ0n) is 16.8. The second-order valence-electron chi connectivity index (χ2n) is 7.40. The first-order chi connectivity index (χ1) is 14.2. The number of piperazine rings is 1. The number of pyridine rings is 1. The number of nitrogens with zero attached hydrogens (tertiary/aromatic N) is 5. The normalized spacial score (nSPS) is 14.5. The van der Waals surface area contributed by atoms with Crippen LogP contribution in [0.3, 0.4) is 0 Å². The van der Waals surface area contributed by atoms with Gasteiger partial charge in [0.05, 0.1) is 11.0 Å². The molecule has 7 heteroatoms. The van der Waals surface area contributed by atoms with Gasteiger partial charge in [-0.05, 0) is 30.7 Å². The topological polar surface area (TPSA) is 63.4 Å². The molecule has 0 saturated carbocycles. The lowest BCUT2D eigenvalue weighted by Crippen LogP contribution is -2.49. The van der Waals surface area contributed by atoms with E-state index in [0.717, 1.165) is 36.2 Å². The van der Waals surface area contributed by atoms with Crippen molar-refractivity contribution < 1.29 is 4.79 Å².